The molecule has 2 heteroatoms. The largest absolute Gasteiger partial charge is 0.311 e. The van der Waals surface area contributed by atoms with E-state index < -0.39 is 0 Å². The molecule has 8 bridgehead atoms. The maximum atomic E-state index is 2.51. The first-order valence-electron chi connectivity index (χ1n) is 34.6. The van der Waals surface area contributed by atoms with E-state index in [2.05, 4.69) is 301 Å². The van der Waals surface area contributed by atoms with E-state index in [1.807, 2.05) is 0 Å². The van der Waals surface area contributed by atoms with Crippen molar-refractivity contribution in [3.8, 4) is 55.6 Å². The van der Waals surface area contributed by atoms with Crippen LogP contribution >= 0.6 is 0 Å². The van der Waals surface area contributed by atoms with Crippen LogP contribution in [0.1, 0.15) is 86.5 Å². The van der Waals surface area contributed by atoms with Crippen LogP contribution in [0.3, 0.4) is 0 Å². The molecule has 0 aliphatic heterocycles. The van der Waals surface area contributed by atoms with E-state index in [-0.39, 0.29) is 10.8 Å². The van der Waals surface area contributed by atoms with E-state index in [1.165, 1.54) is 148 Å². The predicted octanol–water partition coefficient (Wildman–Crippen LogP) is 23.9. The number of rotatable bonds is 9. The van der Waals surface area contributed by atoms with Gasteiger partial charge in [0.25, 0.3) is 0 Å². The number of nitrogens with zero attached hydrogens (tertiary/aromatic N) is 2. The lowest BCUT2D eigenvalue weighted by Gasteiger charge is -2.61. The molecule has 0 radical (unpaired) electrons. The van der Waals surface area contributed by atoms with Crippen molar-refractivity contribution < 1.29 is 0 Å². The molecule has 0 heterocycles. The molecule has 8 fully saturated rings. The average molecular weight is 1190 g/mol. The van der Waals surface area contributed by atoms with E-state index in [1.54, 1.807) is 22.3 Å². The van der Waals surface area contributed by atoms with Gasteiger partial charge in [-0.15, -0.1) is 0 Å². The summed E-state index contributed by atoms with van der Waals surface area (Å²) in [6, 6.07) is 109. The van der Waals surface area contributed by atoms with Crippen molar-refractivity contribution in [2.24, 2.45) is 47.3 Å². The third kappa shape index (κ3) is 8.31. The molecule has 0 unspecified atom stereocenters. The first-order valence-corrected chi connectivity index (χ1v) is 34.6. The van der Waals surface area contributed by atoms with Crippen molar-refractivity contribution in [1.82, 2.24) is 0 Å². The van der Waals surface area contributed by atoms with Crippen LogP contribution in [0.4, 0.5) is 34.1 Å². The van der Waals surface area contributed by atoms with Gasteiger partial charge in [0.05, 0.1) is 5.69 Å². The number of hydrogen-bond acceptors (Lipinski definition) is 2. The Kier molecular flexibility index (Phi) is 12.7. The fraction of sp³-hybridized carbons (Fsp3) is 0.222. The minimum Gasteiger partial charge on any atom is -0.311 e. The van der Waals surface area contributed by atoms with Crippen LogP contribution in [-0.2, 0) is 10.8 Å². The van der Waals surface area contributed by atoms with Gasteiger partial charge >= 0.3 is 0 Å². The SMILES string of the molecule is c1ccc(-c2ccc(N(c3ccccc3)c3ccc(-c4cccc5c4-c4ccccc4C54C5CC6CC(C5)CC4C6)cc3)cc2)cc1.c1ccc(N(c2ccc(-c3cccc4c3-c3ccccc3C43C4CC5CC(C4)CC3C5)cc2)c2cccc3ccccc23)cc1. The number of benzene rings is 12. The lowest BCUT2D eigenvalue weighted by Crippen LogP contribution is -2.55. The summed E-state index contributed by atoms with van der Waals surface area (Å²) >= 11 is 0. The molecule has 10 aliphatic rings. The highest BCUT2D eigenvalue weighted by atomic mass is 15.1. The van der Waals surface area contributed by atoms with E-state index in [0.29, 0.717) is 0 Å². The van der Waals surface area contributed by atoms with Crippen LogP contribution in [-0.4, -0.2) is 0 Å². The lowest BCUT2D eigenvalue weighted by molar-refractivity contribution is -0.0399. The fourth-order valence-corrected chi connectivity index (χ4v) is 21.3. The van der Waals surface area contributed by atoms with Gasteiger partial charge in [-0.1, -0.05) is 224 Å². The Bertz CT molecular complexity index is 4690. The van der Waals surface area contributed by atoms with E-state index in [9.17, 15) is 0 Å². The van der Waals surface area contributed by atoms with E-state index in [0.717, 1.165) is 64.4 Å². The Labute approximate surface area is 542 Å². The van der Waals surface area contributed by atoms with Gasteiger partial charge in [0, 0.05) is 44.7 Å². The minimum atomic E-state index is 0.200. The Hall–Kier alpha value is -9.50. The zero-order valence-electron chi connectivity index (χ0n) is 52.3. The summed E-state index contributed by atoms with van der Waals surface area (Å²) in [6.45, 7) is 0. The molecule has 2 spiro atoms. The number of para-hydroxylation sites is 2. The Morgan fingerprint density at radius 2 is 0.554 bits per heavy atom. The standard InChI is InChI=1S/C46H39N.C44H37N/c1-3-10-33(11-4-1)34-18-22-39(23-19-34)47(38-12-5-2-6-13-38)40-24-20-35(21-25-40)41-15-9-17-44-45(41)42-14-7-8-16-43(42)46(44)36-27-31-26-32(29-36)30-37(46)28-31;1-2-12-35(13-3-1)45(42-19-8-11-31-10-4-5-14-37(31)42)36-22-20-32(21-23-36)38-16-9-18-41-43(38)39-15-6-7-17-40(39)44(41)33-25-29-24-30(27-33)28-34(44)26-29/h1-25,31-32,36-37H,26-30H2;1-23,29-30,33-34H,24-28H2. The lowest BCUT2D eigenvalue weighted by atomic mass is 9.43. The highest BCUT2D eigenvalue weighted by molar-refractivity contribution is 6.00. The molecule has 8 saturated carbocycles. The molecule has 0 saturated heterocycles. The van der Waals surface area contributed by atoms with E-state index in [4.69, 9.17) is 0 Å². The van der Waals surface area contributed by atoms with Gasteiger partial charge in [-0.05, 0) is 262 Å². The van der Waals surface area contributed by atoms with Crippen molar-refractivity contribution in [2.45, 2.75) is 75.0 Å². The Balaban J connectivity index is 0.000000132. The van der Waals surface area contributed by atoms with Crippen LogP contribution in [0, 0.1) is 47.3 Å². The highest BCUT2D eigenvalue weighted by Gasteiger charge is 2.63. The molecular weight excluding hydrogens is 1110 g/mol. The topological polar surface area (TPSA) is 6.48 Å². The second-order valence-electron chi connectivity index (χ2n) is 28.7. The minimum absolute atomic E-state index is 0.200. The second-order valence-corrected chi connectivity index (χ2v) is 28.7. The maximum Gasteiger partial charge on any atom is 0.0540 e. The number of anilines is 6. The van der Waals surface area contributed by atoms with Crippen molar-refractivity contribution in [2.75, 3.05) is 9.80 Å². The predicted molar refractivity (Wildman–Crippen MR) is 383 cm³/mol. The summed E-state index contributed by atoms with van der Waals surface area (Å²) in [5.74, 6) is 6.97. The summed E-state index contributed by atoms with van der Waals surface area (Å²) in [5, 5.41) is 2.51. The van der Waals surface area contributed by atoms with Crippen molar-refractivity contribution in [1.29, 1.82) is 0 Å². The third-order valence-electron chi connectivity index (χ3n) is 24.3. The van der Waals surface area contributed by atoms with Gasteiger partial charge in [0.2, 0.25) is 0 Å². The van der Waals surface area contributed by atoms with Crippen molar-refractivity contribution >= 4 is 44.9 Å². The molecule has 0 aromatic heterocycles. The van der Waals surface area contributed by atoms with E-state index >= 15 is 0 Å². The smallest absolute Gasteiger partial charge is 0.0540 e. The second kappa shape index (κ2) is 21.6. The summed E-state index contributed by atoms with van der Waals surface area (Å²) in [5.41, 5.74) is 27.7. The summed E-state index contributed by atoms with van der Waals surface area (Å²) in [7, 11) is 0. The molecular formula is C90H76N2. The van der Waals surface area contributed by atoms with Gasteiger partial charge in [-0.3, -0.25) is 0 Å². The maximum absolute atomic E-state index is 2.51. The monoisotopic (exact) mass is 1180 g/mol. The molecule has 12 aromatic carbocycles. The van der Waals surface area contributed by atoms with Crippen LogP contribution in [0.25, 0.3) is 66.4 Å². The highest BCUT2D eigenvalue weighted by Crippen LogP contribution is 2.72. The molecule has 0 N–H and O–H groups in total. The zero-order valence-corrected chi connectivity index (χ0v) is 52.3. The zero-order chi connectivity index (χ0) is 60.5. The van der Waals surface area contributed by atoms with Crippen molar-refractivity contribution in [3.63, 3.8) is 0 Å². The third-order valence-corrected chi connectivity index (χ3v) is 24.3. The molecule has 10 aliphatic carbocycles. The van der Waals surface area contributed by atoms with Crippen LogP contribution in [0.15, 0.2) is 291 Å². The van der Waals surface area contributed by atoms with Crippen LogP contribution in [0.5, 0.6) is 0 Å². The molecule has 0 amide bonds. The van der Waals surface area contributed by atoms with Gasteiger partial charge in [-0.25, -0.2) is 0 Å². The Morgan fingerprint density at radius 3 is 1.03 bits per heavy atom. The Morgan fingerprint density at radius 1 is 0.228 bits per heavy atom. The fourth-order valence-electron chi connectivity index (χ4n) is 21.3. The van der Waals surface area contributed by atoms with Gasteiger partial charge in [-0.2, -0.15) is 0 Å². The van der Waals surface area contributed by atoms with Crippen LogP contribution < -0.4 is 9.80 Å². The number of fused-ring (bicyclic) bond motifs is 7. The quantitative estimate of drug-likeness (QED) is 0.142. The number of hydrogen-bond donors (Lipinski definition) is 0. The van der Waals surface area contributed by atoms with Crippen LogP contribution in [0.2, 0.25) is 0 Å². The van der Waals surface area contributed by atoms with Gasteiger partial charge < -0.3 is 9.80 Å². The van der Waals surface area contributed by atoms with Gasteiger partial charge in [0.15, 0.2) is 0 Å². The normalized spacial score (nSPS) is 25.0. The average Bonchev–Trinajstić information content (AvgIpc) is 1.48. The van der Waals surface area contributed by atoms with Crippen molar-refractivity contribution in [3.05, 3.63) is 313 Å². The molecule has 22 rings (SSSR count). The van der Waals surface area contributed by atoms with Gasteiger partial charge in [0.1, 0.15) is 0 Å². The molecule has 12 aromatic rings. The molecule has 446 valence electrons. The summed E-state index contributed by atoms with van der Waals surface area (Å²) in [6.07, 6.45) is 14.3. The summed E-state index contributed by atoms with van der Waals surface area (Å²) in [4.78, 5) is 4.77. The molecule has 0 atom stereocenters. The first-order chi connectivity index (χ1) is 45.6. The molecule has 92 heavy (non-hydrogen) atoms. The molecule has 2 nitrogen and oxygen atoms in total. The summed E-state index contributed by atoms with van der Waals surface area (Å²) < 4.78 is 0. The first kappa shape index (κ1) is 54.3.